The molecule has 5 nitrogen and oxygen atoms in total. The van der Waals surface area contributed by atoms with E-state index >= 15 is 0 Å². The molecule has 1 N–H and O–H groups in total. The average Bonchev–Trinajstić information content (AvgIpc) is 3.41. The zero-order valence-corrected chi connectivity index (χ0v) is 23.6. The molecule has 4 atom stereocenters. The van der Waals surface area contributed by atoms with E-state index in [2.05, 4.69) is 103 Å². The van der Waals surface area contributed by atoms with Crippen LogP contribution in [0.3, 0.4) is 0 Å². The first-order valence-corrected chi connectivity index (χ1v) is 14.5. The second kappa shape index (κ2) is 13.9. The summed E-state index contributed by atoms with van der Waals surface area (Å²) >= 11 is 0. The number of likely N-dealkylation sites (tertiary alicyclic amines) is 1. The van der Waals surface area contributed by atoms with E-state index in [1.165, 1.54) is 37.1 Å². The highest BCUT2D eigenvalue weighted by Gasteiger charge is 2.29. The first-order chi connectivity index (χ1) is 17.9. The average molecular weight is 508 g/mol. The lowest BCUT2D eigenvalue weighted by Gasteiger charge is -2.39. The lowest BCUT2D eigenvalue weighted by Crippen LogP contribution is -2.53. The van der Waals surface area contributed by atoms with Crippen molar-refractivity contribution < 1.29 is 9.47 Å². The van der Waals surface area contributed by atoms with Crippen molar-refractivity contribution in [2.75, 3.05) is 45.8 Å². The first kappa shape index (κ1) is 28.3. The third-order valence-corrected chi connectivity index (χ3v) is 7.58. The Morgan fingerprint density at radius 3 is 2.03 bits per heavy atom. The molecular formula is C32H49N3O2. The minimum atomic E-state index is -0.184. The number of benzene rings is 2. The molecule has 2 aliphatic heterocycles. The van der Waals surface area contributed by atoms with Crippen molar-refractivity contribution in [3.63, 3.8) is 0 Å². The van der Waals surface area contributed by atoms with Gasteiger partial charge in [0.2, 0.25) is 0 Å². The summed E-state index contributed by atoms with van der Waals surface area (Å²) in [7, 11) is 0. The maximum Gasteiger partial charge on any atom is 0.0958 e. The number of ether oxygens (including phenoxy) is 2. The monoisotopic (exact) mass is 507 g/mol. The van der Waals surface area contributed by atoms with E-state index < -0.39 is 0 Å². The fraction of sp³-hybridized carbons (Fsp3) is 0.625. The number of hydrogen-bond acceptors (Lipinski definition) is 5. The van der Waals surface area contributed by atoms with E-state index in [1.807, 2.05) is 0 Å². The molecule has 5 heteroatoms. The van der Waals surface area contributed by atoms with Crippen LogP contribution < -0.4 is 5.32 Å². The van der Waals surface area contributed by atoms with Crippen LogP contribution in [0.2, 0.25) is 0 Å². The SMILES string of the molecule is CCC(CC1CN(CC(OC(C)(C)C)c2ccccc2)CCN1)OC(CN1CCCC1)c1ccccc1. The van der Waals surface area contributed by atoms with Gasteiger partial charge in [-0.25, -0.2) is 0 Å². The van der Waals surface area contributed by atoms with Crippen molar-refractivity contribution in [3.05, 3.63) is 71.8 Å². The van der Waals surface area contributed by atoms with E-state index in [0.717, 1.165) is 45.6 Å². The van der Waals surface area contributed by atoms with Gasteiger partial charge in [-0.1, -0.05) is 67.6 Å². The second-order valence-corrected chi connectivity index (χ2v) is 11.8. The molecule has 2 fully saturated rings. The molecule has 0 saturated carbocycles. The molecule has 0 aromatic heterocycles. The lowest BCUT2D eigenvalue weighted by molar-refractivity contribution is -0.0776. The highest BCUT2D eigenvalue weighted by Crippen LogP contribution is 2.27. The van der Waals surface area contributed by atoms with Crippen LogP contribution in [0.1, 0.15) is 76.7 Å². The Balaban J connectivity index is 1.37. The van der Waals surface area contributed by atoms with Gasteiger partial charge in [-0.05, 0) is 70.7 Å². The number of rotatable bonds is 12. The Morgan fingerprint density at radius 1 is 0.838 bits per heavy atom. The molecule has 4 unspecified atom stereocenters. The van der Waals surface area contributed by atoms with E-state index in [1.54, 1.807) is 0 Å². The molecule has 0 aliphatic carbocycles. The Labute approximate surface area is 225 Å². The van der Waals surface area contributed by atoms with Crippen LogP contribution in [0.15, 0.2) is 60.7 Å². The summed E-state index contributed by atoms with van der Waals surface area (Å²) in [6, 6.07) is 22.0. The van der Waals surface area contributed by atoms with Gasteiger partial charge < -0.3 is 19.7 Å². The van der Waals surface area contributed by atoms with Crippen LogP contribution in [0.4, 0.5) is 0 Å². The number of hydrogen-bond donors (Lipinski definition) is 1. The normalized spacial score (nSPS) is 22.1. The predicted octanol–water partition coefficient (Wildman–Crippen LogP) is 5.84. The molecule has 2 saturated heterocycles. The van der Waals surface area contributed by atoms with Gasteiger partial charge in [-0.3, -0.25) is 4.90 Å². The molecule has 2 aromatic rings. The summed E-state index contributed by atoms with van der Waals surface area (Å²) in [5.41, 5.74) is 2.38. The van der Waals surface area contributed by atoms with Crippen LogP contribution in [0.5, 0.6) is 0 Å². The summed E-state index contributed by atoms with van der Waals surface area (Å²) in [5, 5.41) is 3.79. The maximum atomic E-state index is 6.88. The Bertz CT molecular complexity index is 895. The van der Waals surface area contributed by atoms with E-state index in [-0.39, 0.29) is 23.9 Å². The van der Waals surface area contributed by atoms with Gasteiger partial charge >= 0.3 is 0 Å². The molecule has 0 amide bonds. The van der Waals surface area contributed by atoms with Crippen molar-refractivity contribution in [3.8, 4) is 0 Å². The van der Waals surface area contributed by atoms with Gasteiger partial charge in [0.05, 0.1) is 23.9 Å². The number of piperazine rings is 1. The van der Waals surface area contributed by atoms with Crippen LogP contribution >= 0.6 is 0 Å². The molecule has 204 valence electrons. The fourth-order valence-corrected chi connectivity index (χ4v) is 5.72. The fourth-order valence-electron chi connectivity index (χ4n) is 5.72. The maximum absolute atomic E-state index is 6.88. The van der Waals surface area contributed by atoms with Crippen molar-refractivity contribution >= 4 is 0 Å². The summed E-state index contributed by atoms with van der Waals surface area (Å²) in [6.45, 7) is 16.1. The third-order valence-electron chi connectivity index (χ3n) is 7.58. The van der Waals surface area contributed by atoms with E-state index in [4.69, 9.17) is 9.47 Å². The van der Waals surface area contributed by atoms with Crippen molar-refractivity contribution in [2.45, 2.75) is 83.3 Å². The van der Waals surface area contributed by atoms with E-state index in [0.29, 0.717) is 6.04 Å². The summed E-state index contributed by atoms with van der Waals surface area (Å²) in [5.74, 6) is 0. The molecule has 4 rings (SSSR count). The molecule has 2 heterocycles. The highest BCUT2D eigenvalue weighted by molar-refractivity contribution is 5.19. The topological polar surface area (TPSA) is 37.0 Å². The Hall–Kier alpha value is -1.76. The molecule has 2 aliphatic rings. The molecule has 0 bridgehead atoms. The van der Waals surface area contributed by atoms with Crippen LogP contribution in [-0.2, 0) is 9.47 Å². The quantitative estimate of drug-likeness (QED) is 0.391. The highest BCUT2D eigenvalue weighted by atomic mass is 16.5. The van der Waals surface area contributed by atoms with Crippen molar-refractivity contribution in [1.82, 2.24) is 15.1 Å². The Morgan fingerprint density at radius 2 is 1.43 bits per heavy atom. The molecule has 0 spiro atoms. The standard InChI is InChI=1S/C32H49N3O2/c1-5-29(36-30(24-34-19-12-13-20-34)26-14-8-6-9-15-26)22-28-23-35(21-18-33-28)25-31(37-32(2,3)4)27-16-10-7-11-17-27/h6-11,14-17,28-31,33H,5,12-13,18-25H2,1-4H3. The molecule has 0 radical (unpaired) electrons. The van der Waals surface area contributed by atoms with Gasteiger partial charge in [-0.2, -0.15) is 0 Å². The van der Waals surface area contributed by atoms with Gasteiger partial charge in [0.1, 0.15) is 0 Å². The van der Waals surface area contributed by atoms with E-state index in [9.17, 15) is 0 Å². The minimum absolute atomic E-state index is 0.0705. The third kappa shape index (κ3) is 9.19. The summed E-state index contributed by atoms with van der Waals surface area (Å²) in [6.07, 6.45) is 5.12. The Kier molecular flexibility index (Phi) is 10.6. The van der Waals surface area contributed by atoms with Crippen LogP contribution in [0.25, 0.3) is 0 Å². The second-order valence-electron chi connectivity index (χ2n) is 11.8. The summed E-state index contributed by atoms with van der Waals surface area (Å²) < 4.78 is 13.4. The molecular weight excluding hydrogens is 458 g/mol. The van der Waals surface area contributed by atoms with Gasteiger partial charge in [0, 0.05) is 38.8 Å². The van der Waals surface area contributed by atoms with Gasteiger partial charge in [-0.15, -0.1) is 0 Å². The van der Waals surface area contributed by atoms with Crippen LogP contribution in [0, 0.1) is 0 Å². The van der Waals surface area contributed by atoms with Gasteiger partial charge in [0.25, 0.3) is 0 Å². The first-order valence-electron chi connectivity index (χ1n) is 14.5. The zero-order valence-electron chi connectivity index (χ0n) is 23.6. The number of nitrogens with zero attached hydrogens (tertiary/aromatic N) is 2. The largest absolute Gasteiger partial charge is 0.369 e. The smallest absolute Gasteiger partial charge is 0.0958 e. The van der Waals surface area contributed by atoms with Crippen LogP contribution in [-0.4, -0.2) is 73.4 Å². The predicted molar refractivity (Wildman–Crippen MR) is 153 cm³/mol. The lowest BCUT2D eigenvalue weighted by atomic mass is 10.0. The number of nitrogens with one attached hydrogen (secondary N) is 1. The summed E-state index contributed by atoms with van der Waals surface area (Å²) in [4.78, 5) is 5.15. The minimum Gasteiger partial charge on any atom is -0.369 e. The van der Waals surface area contributed by atoms with Crippen molar-refractivity contribution in [1.29, 1.82) is 0 Å². The molecule has 2 aromatic carbocycles. The molecule has 37 heavy (non-hydrogen) atoms. The van der Waals surface area contributed by atoms with Gasteiger partial charge in [0.15, 0.2) is 0 Å². The zero-order chi connectivity index (χ0) is 26.1. The van der Waals surface area contributed by atoms with Crippen molar-refractivity contribution in [2.24, 2.45) is 0 Å².